The Bertz CT molecular complexity index is 1060. The molecule has 4 heteroatoms. The van der Waals surface area contributed by atoms with Crippen LogP contribution in [0, 0.1) is 0 Å². The first-order valence-corrected chi connectivity index (χ1v) is 9.08. The third-order valence-corrected chi connectivity index (χ3v) is 4.71. The van der Waals surface area contributed by atoms with Crippen molar-refractivity contribution in [3.63, 3.8) is 0 Å². The summed E-state index contributed by atoms with van der Waals surface area (Å²) in [6, 6.07) is 23.9. The van der Waals surface area contributed by atoms with E-state index in [9.17, 15) is 0 Å². The van der Waals surface area contributed by atoms with Crippen LogP contribution in [0.2, 0.25) is 10.0 Å². The minimum absolute atomic E-state index is 0.687. The lowest BCUT2D eigenvalue weighted by atomic mass is 10.2. The Labute approximate surface area is 162 Å². The normalized spacial score (nSPS) is 11.5. The second kappa shape index (κ2) is 7.36. The van der Waals surface area contributed by atoms with Crippen molar-refractivity contribution in [1.29, 1.82) is 0 Å². The summed E-state index contributed by atoms with van der Waals surface area (Å²) in [5.74, 6) is 0.890. The van der Waals surface area contributed by atoms with Gasteiger partial charge in [-0.1, -0.05) is 71.7 Å². The van der Waals surface area contributed by atoms with E-state index >= 15 is 0 Å². The van der Waals surface area contributed by atoms with Crippen LogP contribution in [0.1, 0.15) is 17.0 Å². The van der Waals surface area contributed by atoms with Crippen LogP contribution in [-0.2, 0) is 6.54 Å². The Hall–Kier alpha value is -2.55. The Morgan fingerprint density at radius 3 is 2.31 bits per heavy atom. The lowest BCUT2D eigenvalue weighted by Crippen LogP contribution is -2.02. The third kappa shape index (κ3) is 3.67. The van der Waals surface area contributed by atoms with Gasteiger partial charge in [0.25, 0.3) is 0 Å². The number of aromatic nitrogens is 2. The Balaban J connectivity index is 1.77. The molecular weight excluding hydrogens is 363 g/mol. The molecular formula is C22H16Cl2N2. The predicted molar refractivity (Wildman–Crippen MR) is 111 cm³/mol. The number of hydrogen-bond donors (Lipinski definition) is 0. The molecule has 128 valence electrons. The number of hydrogen-bond acceptors (Lipinski definition) is 1. The van der Waals surface area contributed by atoms with Crippen LogP contribution >= 0.6 is 23.2 Å². The summed E-state index contributed by atoms with van der Waals surface area (Å²) in [5.41, 5.74) is 4.24. The molecule has 1 aromatic heterocycles. The zero-order chi connectivity index (χ0) is 17.9. The van der Waals surface area contributed by atoms with Crippen molar-refractivity contribution >= 4 is 46.4 Å². The van der Waals surface area contributed by atoms with Crippen LogP contribution in [0.25, 0.3) is 23.2 Å². The van der Waals surface area contributed by atoms with Gasteiger partial charge in [0.2, 0.25) is 0 Å². The highest BCUT2D eigenvalue weighted by atomic mass is 35.5. The van der Waals surface area contributed by atoms with Gasteiger partial charge in [0, 0.05) is 16.6 Å². The van der Waals surface area contributed by atoms with Crippen LogP contribution < -0.4 is 0 Å². The van der Waals surface area contributed by atoms with Crippen LogP contribution in [-0.4, -0.2) is 9.55 Å². The van der Waals surface area contributed by atoms with E-state index in [4.69, 9.17) is 28.2 Å². The van der Waals surface area contributed by atoms with Gasteiger partial charge in [-0.2, -0.15) is 0 Å². The van der Waals surface area contributed by atoms with Gasteiger partial charge in [0.1, 0.15) is 5.82 Å². The van der Waals surface area contributed by atoms with E-state index in [0.717, 1.165) is 33.0 Å². The first-order valence-electron chi connectivity index (χ1n) is 8.32. The highest BCUT2D eigenvalue weighted by Crippen LogP contribution is 2.23. The van der Waals surface area contributed by atoms with Gasteiger partial charge in [-0.05, 0) is 47.5 Å². The molecule has 0 aliphatic heterocycles. The monoisotopic (exact) mass is 378 g/mol. The van der Waals surface area contributed by atoms with Gasteiger partial charge < -0.3 is 4.57 Å². The molecule has 0 radical (unpaired) electrons. The van der Waals surface area contributed by atoms with Gasteiger partial charge >= 0.3 is 0 Å². The third-order valence-electron chi connectivity index (χ3n) is 4.22. The molecule has 0 spiro atoms. The summed E-state index contributed by atoms with van der Waals surface area (Å²) in [6.07, 6.45) is 4.11. The van der Waals surface area contributed by atoms with Crippen molar-refractivity contribution in [3.05, 3.63) is 99.8 Å². The van der Waals surface area contributed by atoms with E-state index in [0.29, 0.717) is 11.6 Å². The summed E-state index contributed by atoms with van der Waals surface area (Å²) in [5, 5.41) is 1.42. The molecule has 0 N–H and O–H groups in total. The molecule has 1 heterocycles. The fourth-order valence-corrected chi connectivity index (χ4v) is 3.21. The van der Waals surface area contributed by atoms with Crippen molar-refractivity contribution in [1.82, 2.24) is 9.55 Å². The minimum atomic E-state index is 0.687. The molecule has 0 amide bonds. The van der Waals surface area contributed by atoms with E-state index < -0.39 is 0 Å². The molecule has 2 nitrogen and oxygen atoms in total. The smallest absolute Gasteiger partial charge is 0.134 e. The van der Waals surface area contributed by atoms with Gasteiger partial charge in [-0.25, -0.2) is 4.98 Å². The molecule has 26 heavy (non-hydrogen) atoms. The molecule has 0 fully saturated rings. The lowest BCUT2D eigenvalue weighted by Gasteiger charge is -2.08. The van der Waals surface area contributed by atoms with Crippen molar-refractivity contribution in [3.8, 4) is 0 Å². The first-order chi connectivity index (χ1) is 12.7. The van der Waals surface area contributed by atoms with Gasteiger partial charge in [0.05, 0.1) is 11.0 Å². The second-order valence-electron chi connectivity index (χ2n) is 6.06. The highest BCUT2D eigenvalue weighted by Gasteiger charge is 2.10. The minimum Gasteiger partial charge on any atom is -0.320 e. The fraction of sp³-hybridized carbons (Fsp3) is 0.0455. The maximum absolute atomic E-state index is 6.15. The van der Waals surface area contributed by atoms with Crippen molar-refractivity contribution < 1.29 is 0 Å². The zero-order valence-corrected chi connectivity index (χ0v) is 15.5. The van der Waals surface area contributed by atoms with Crippen molar-refractivity contribution in [2.24, 2.45) is 0 Å². The Morgan fingerprint density at radius 2 is 1.54 bits per heavy atom. The van der Waals surface area contributed by atoms with Crippen LogP contribution in [0.5, 0.6) is 0 Å². The first kappa shape index (κ1) is 16.9. The standard InChI is InChI=1S/C22H16Cl2N2/c23-18-9-6-17(7-10-18)15-26-21-12-11-19(24)14-20(21)25-22(26)13-8-16-4-2-1-3-5-16/h1-14H,15H2. The number of halogens is 2. The zero-order valence-electron chi connectivity index (χ0n) is 13.9. The van der Waals surface area contributed by atoms with E-state index in [2.05, 4.69) is 22.8 Å². The molecule has 0 saturated heterocycles. The summed E-state index contributed by atoms with van der Waals surface area (Å²) in [7, 11) is 0. The van der Waals surface area contributed by atoms with E-state index in [1.165, 1.54) is 0 Å². The van der Waals surface area contributed by atoms with E-state index in [-0.39, 0.29) is 0 Å². The average molecular weight is 379 g/mol. The largest absolute Gasteiger partial charge is 0.320 e. The molecule has 0 unspecified atom stereocenters. The van der Waals surface area contributed by atoms with E-state index in [1.807, 2.05) is 66.7 Å². The molecule has 0 aliphatic rings. The number of nitrogens with zero attached hydrogens (tertiary/aromatic N) is 2. The van der Waals surface area contributed by atoms with Crippen molar-refractivity contribution in [2.45, 2.75) is 6.54 Å². The SMILES string of the molecule is Clc1ccc(Cn2c(C=Cc3ccccc3)nc3cc(Cl)ccc32)cc1. The summed E-state index contributed by atoms with van der Waals surface area (Å²) < 4.78 is 2.19. The molecule has 4 rings (SSSR count). The number of fused-ring (bicyclic) bond motifs is 1. The Kier molecular flexibility index (Phi) is 4.79. The number of benzene rings is 3. The highest BCUT2D eigenvalue weighted by molar-refractivity contribution is 6.31. The van der Waals surface area contributed by atoms with Crippen LogP contribution in [0.3, 0.4) is 0 Å². The molecule has 0 bridgehead atoms. The maximum atomic E-state index is 6.15. The van der Waals surface area contributed by atoms with Gasteiger partial charge in [-0.15, -0.1) is 0 Å². The summed E-state index contributed by atoms with van der Waals surface area (Å²) in [6.45, 7) is 0.712. The van der Waals surface area contributed by atoms with E-state index in [1.54, 1.807) is 0 Å². The average Bonchev–Trinajstić information content (AvgIpc) is 2.99. The molecule has 3 aromatic carbocycles. The summed E-state index contributed by atoms with van der Waals surface area (Å²) >= 11 is 12.2. The summed E-state index contributed by atoms with van der Waals surface area (Å²) in [4.78, 5) is 4.77. The fourth-order valence-electron chi connectivity index (χ4n) is 2.92. The molecule has 0 aliphatic carbocycles. The quantitative estimate of drug-likeness (QED) is 0.393. The number of imidazole rings is 1. The lowest BCUT2D eigenvalue weighted by molar-refractivity contribution is 0.814. The second-order valence-corrected chi connectivity index (χ2v) is 6.93. The van der Waals surface area contributed by atoms with Gasteiger partial charge in [-0.3, -0.25) is 0 Å². The number of rotatable bonds is 4. The molecule has 0 saturated carbocycles. The topological polar surface area (TPSA) is 17.8 Å². The molecule has 0 atom stereocenters. The van der Waals surface area contributed by atoms with Crippen molar-refractivity contribution in [2.75, 3.05) is 0 Å². The maximum Gasteiger partial charge on any atom is 0.134 e. The van der Waals surface area contributed by atoms with Crippen LogP contribution in [0.15, 0.2) is 72.8 Å². The van der Waals surface area contributed by atoms with Gasteiger partial charge in [0.15, 0.2) is 0 Å². The van der Waals surface area contributed by atoms with Crippen LogP contribution in [0.4, 0.5) is 0 Å². The Morgan fingerprint density at radius 1 is 0.808 bits per heavy atom. The molecule has 4 aromatic rings. The predicted octanol–water partition coefficient (Wildman–Crippen LogP) is 6.56.